The molecule has 2 nitrogen and oxygen atoms in total. The summed E-state index contributed by atoms with van der Waals surface area (Å²) in [6.45, 7) is 4.25. The number of benzene rings is 2. The van der Waals surface area contributed by atoms with Gasteiger partial charge in [-0.15, -0.1) is 0 Å². The van der Waals surface area contributed by atoms with Crippen LogP contribution >= 0.6 is 0 Å². The fourth-order valence-corrected chi connectivity index (χ4v) is 1.51. The highest BCUT2D eigenvalue weighted by Crippen LogP contribution is 2.16. The molecular weight excluding hydrogens is 223 g/mol. The van der Waals surface area contributed by atoms with Crippen LogP contribution in [0.5, 0.6) is 0 Å². The third-order valence-corrected chi connectivity index (χ3v) is 2.29. The van der Waals surface area contributed by atoms with Crippen LogP contribution in [-0.4, -0.2) is 17.2 Å². The van der Waals surface area contributed by atoms with Gasteiger partial charge in [-0.1, -0.05) is 74.9 Å². The van der Waals surface area contributed by atoms with Crippen LogP contribution in [0.15, 0.2) is 54.6 Å². The van der Waals surface area contributed by atoms with E-state index in [4.69, 9.17) is 10.0 Å². The smallest absolute Gasteiger partial charge is 0.423 e. The molecule has 0 saturated heterocycles. The van der Waals surface area contributed by atoms with Crippen molar-refractivity contribution in [2.75, 3.05) is 0 Å². The number of hydrogen-bond donors (Lipinski definition) is 2. The monoisotopic (exact) mass is 242 g/mol. The van der Waals surface area contributed by atoms with E-state index in [1.54, 1.807) is 12.1 Å². The Kier molecular flexibility index (Phi) is 6.19. The highest BCUT2D eigenvalue weighted by molar-refractivity contribution is 6.58. The maximum absolute atomic E-state index is 9.05. The van der Waals surface area contributed by atoms with E-state index in [2.05, 4.69) is 13.8 Å². The molecule has 0 bridgehead atoms. The van der Waals surface area contributed by atoms with Gasteiger partial charge in [0.25, 0.3) is 0 Å². The predicted molar refractivity (Wildman–Crippen MR) is 77.7 cm³/mol. The first-order valence-corrected chi connectivity index (χ1v) is 6.20. The minimum atomic E-state index is -1.41. The van der Waals surface area contributed by atoms with E-state index >= 15 is 0 Å². The molecule has 0 amide bonds. The second-order valence-electron chi connectivity index (χ2n) is 4.07. The third-order valence-electron chi connectivity index (χ3n) is 2.29. The summed E-state index contributed by atoms with van der Waals surface area (Å²) in [5, 5.41) is 18.1. The summed E-state index contributed by atoms with van der Waals surface area (Å²) in [6, 6.07) is 17.1. The van der Waals surface area contributed by atoms with Gasteiger partial charge in [-0.25, -0.2) is 0 Å². The first-order chi connectivity index (χ1) is 8.69. The Bertz CT molecular complexity index is 455. The second-order valence-corrected chi connectivity index (χ2v) is 4.07. The maximum atomic E-state index is 9.05. The molecule has 94 valence electrons. The van der Waals surface area contributed by atoms with Crippen molar-refractivity contribution >= 4 is 12.6 Å². The standard InChI is InChI=1S/C12H11BO2.C3H8/c14-13(15)12-8-4-7-11(9-12)10-5-2-1-3-6-10;1-3-2/h1-9,14-15H;3H2,1-2H3. The molecule has 2 N–H and O–H groups in total. The summed E-state index contributed by atoms with van der Waals surface area (Å²) >= 11 is 0. The van der Waals surface area contributed by atoms with Crippen molar-refractivity contribution in [3.63, 3.8) is 0 Å². The Morgan fingerprint density at radius 2 is 1.39 bits per heavy atom. The Morgan fingerprint density at radius 3 is 1.94 bits per heavy atom. The van der Waals surface area contributed by atoms with Crippen molar-refractivity contribution in [2.24, 2.45) is 0 Å². The van der Waals surface area contributed by atoms with Crippen molar-refractivity contribution in [2.45, 2.75) is 20.3 Å². The van der Waals surface area contributed by atoms with Crippen molar-refractivity contribution in [1.29, 1.82) is 0 Å². The summed E-state index contributed by atoms with van der Waals surface area (Å²) in [5.41, 5.74) is 2.57. The van der Waals surface area contributed by atoms with E-state index in [1.165, 1.54) is 6.42 Å². The molecule has 0 atom stereocenters. The summed E-state index contributed by atoms with van der Waals surface area (Å²) in [7, 11) is -1.41. The molecule has 0 spiro atoms. The van der Waals surface area contributed by atoms with E-state index in [1.807, 2.05) is 42.5 Å². The summed E-state index contributed by atoms with van der Waals surface area (Å²) in [4.78, 5) is 0. The molecule has 18 heavy (non-hydrogen) atoms. The Balaban J connectivity index is 0.000000492. The second kappa shape index (κ2) is 7.69. The zero-order valence-electron chi connectivity index (χ0n) is 10.9. The van der Waals surface area contributed by atoms with Crippen LogP contribution in [0.3, 0.4) is 0 Å². The highest BCUT2D eigenvalue weighted by Gasteiger charge is 2.10. The summed E-state index contributed by atoms with van der Waals surface area (Å²) < 4.78 is 0. The first-order valence-electron chi connectivity index (χ1n) is 6.20. The van der Waals surface area contributed by atoms with E-state index < -0.39 is 7.12 Å². The third kappa shape index (κ3) is 4.36. The molecule has 3 heteroatoms. The zero-order chi connectivity index (χ0) is 13.4. The molecule has 0 unspecified atom stereocenters. The van der Waals surface area contributed by atoms with Crippen LogP contribution < -0.4 is 5.46 Å². The first kappa shape index (κ1) is 14.5. The van der Waals surface area contributed by atoms with Gasteiger partial charge in [-0.05, 0) is 16.6 Å². The lowest BCUT2D eigenvalue weighted by molar-refractivity contribution is 0.426. The quantitative estimate of drug-likeness (QED) is 0.794. The maximum Gasteiger partial charge on any atom is 0.488 e. The van der Waals surface area contributed by atoms with Gasteiger partial charge in [0, 0.05) is 0 Å². The number of rotatable bonds is 2. The molecule has 0 aliphatic rings. The van der Waals surface area contributed by atoms with Crippen LogP contribution in [0.4, 0.5) is 0 Å². The van der Waals surface area contributed by atoms with Crippen molar-refractivity contribution in [3.05, 3.63) is 54.6 Å². The fraction of sp³-hybridized carbons (Fsp3) is 0.200. The zero-order valence-corrected chi connectivity index (χ0v) is 10.9. The van der Waals surface area contributed by atoms with E-state index in [0.717, 1.165) is 11.1 Å². The molecule has 2 aromatic carbocycles. The average molecular weight is 242 g/mol. The van der Waals surface area contributed by atoms with Crippen LogP contribution in [0.25, 0.3) is 11.1 Å². The molecule has 2 rings (SSSR count). The molecule has 0 aliphatic carbocycles. The molecule has 0 fully saturated rings. The van der Waals surface area contributed by atoms with Crippen LogP contribution in [0.1, 0.15) is 20.3 Å². The van der Waals surface area contributed by atoms with E-state index in [-0.39, 0.29) is 0 Å². The van der Waals surface area contributed by atoms with Crippen LogP contribution in [-0.2, 0) is 0 Å². The lowest BCUT2D eigenvalue weighted by Gasteiger charge is -2.04. The highest BCUT2D eigenvalue weighted by atomic mass is 16.4. The van der Waals surface area contributed by atoms with Crippen molar-refractivity contribution in [3.8, 4) is 11.1 Å². The van der Waals surface area contributed by atoms with Crippen LogP contribution in [0, 0.1) is 0 Å². The van der Waals surface area contributed by atoms with Gasteiger partial charge in [0.15, 0.2) is 0 Å². The lowest BCUT2D eigenvalue weighted by atomic mass is 9.79. The molecular formula is C15H19BO2. The SMILES string of the molecule is CCC.OB(O)c1cccc(-c2ccccc2)c1. The van der Waals surface area contributed by atoms with Gasteiger partial charge >= 0.3 is 7.12 Å². The molecule has 0 aromatic heterocycles. The minimum absolute atomic E-state index is 0.511. The lowest BCUT2D eigenvalue weighted by Crippen LogP contribution is -2.29. The molecule has 2 aromatic rings. The molecule has 0 aliphatic heterocycles. The van der Waals surface area contributed by atoms with Gasteiger partial charge < -0.3 is 10.0 Å². The normalized spacial score (nSPS) is 9.33. The minimum Gasteiger partial charge on any atom is -0.423 e. The molecule has 0 heterocycles. The molecule has 0 saturated carbocycles. The van der Waals surface area contributed by atoms with Gasteiger partial charge in [0.1, 0.15) is 0 Å². The summed E-state index contributed by atoms with van der Waals surface area (Å²) in [5.74, 6) is 0. The average Bonchev–Trinajstić information content (AvgIpc) is 2.41. The van der Waals surface area contributed by atoms with Gasteiger partial charge in [0.05, 0.1) is 0 Å². The van der Waals surface area contributed by atoms with Crippen molar-refractivity contribution in [1.82, 2.24) is 0 Å². The summed E-state index contributed by atoms with van der Waals surface area (Å²) in [6.07, 6.45) is 1.25. The largest absolute Gasteiger partial charge is 0.488 e. The Labute approximate surface area is 109 Å². The van der Waals surface area contributed by atoms with E-state index in [0.29, 0.717) is 5.46 Å². The topological polar surface area (TPSA) is 40.5 Å². The predicted octanol–water partition coefficient (Wildman–Crippen LogP) is 2.45. The van der Waals surface area contributed by atoms with Gasteiger partial charge in [-0.2, -0.15) is 0 Å². The van der Waals surface area contributed by atoms with E-state index in [9.17, 15) is 0 Å². The Morgan fingerprint density at radius 1 is 0.833 bits per heavy atom. The van der Waals surface area contributed by atoms with Crippen molar-refractivity contribution < 1.29 is 10.0 Å². The van der Waals surface area contributed by atoms with Crippen LogP contribution in [0.2, 0.25) is 0 Å². The number of hydrogen-bond acceptors (Lipinski definition) is 2. The van der Waals surface area contributed by atoms with Gasteiger partial charge in [-0.3, -0.25) is 0 Å². The van der Waals surface area contributed by atoms with Gasteiger partial charge in [0.2, 0.25) is 0 Å². The fourth-order valence-electron chi connectivity index (χ4n) is 1.51. The Hall–Kier alpha value is -1.58. The molecule has 0 radical (unpaired) electrons.